The average molecular weight is 274 g/mol. The summed E-state index contributed by atoms with van der Waals surface area (Å²) in [7, 11) is 0. The van der Waals surface area contributed by atoms with Gasteiger partial charge < -0.3 is 4.90 Å². The molecule has 1 aliphatic rings. The second-order valence-corrected chi connectivity index (χ2v) is 5.26. The normalized spacial score (nSPS) is 15.9. The Morgan fingerprint density at radius 3 is 2.55 bits per heavy atom. The highest BCUT2D eigenvalue weighted by molar-refractivity contribution is 5.76. The lowest BCUT2D eigenvalue weighted by Crippen LogP contribution is -2.38. The molecule has 0 aliphatic carbocycles. The van der Waals surface area contributed by atoms with E-state index in [1.165, 1.54) is 12.1 Å². The van der Waals surface area contributed by atoms with E-state index in [0.717, 1.165) is 31.2 Å². The van der Waals surface area contributed by atoms with Crippen molar-refractivity contribution < 1.29 is 9.18 Å². The number of hydrogen-bond acceptors (Lipinski definition) is 2. The van der Waals surface area contributed by atoms with Crippen LogP contribution in [0.15, 0.2) is 24.3 Å². The molecule has 0 N–H and O–H groups in total. The first kappa shape index (κ1) is 14.5. The van der Waals surface area contributed by atoms with E-state index < -0.39 is 0 Å². The summed E-state index contributed by atoms with van der Waals surface area (Å²) in [5.41, 5.74) is 1.06. The van der Waals surface area contributed by atoms with Crippen LogP contribution >= 0.6 is 0 Å². The molecular formula is C16H19FN2O. The predicted octanol–water partition coefficient (Wildman–Crippen LogP) is 2.91. The third kappa shape index (κ3) is 4.06. The van der Waals surface area contributed by atoms with E-state index in [2.05, 4.69) is 6.07 Å². The number of carbonyl (C=O) groups excluding carboxylic acids is 1. The number of likely N-dealkylation sites (tertiary alicyclic amines) is 1. The highest BCUT2D eigenvalue weighted by atomic mass is 19.1. The topological polar surface area (TPSA) is 44.1 Å². The number of nitrogens with zero attached hydrogens (tertiary/aromatic N) is 2. The minimum atomic E-state index is -0.231. The highest BCUT2D eigenvalue weighted by Gasteiger charge is 2.21. The van der Waals surface area contributed by atoms with Crippen molar-refractivity contribution in [1.29, 1.82) is 5.26 Å². The molecule has 0 radical (unpaired) electrons. The molecule has 1 fully saturated rings. The van der Waals surface area contributed by atoms with Crippen molar-refractivity contribution in [2.45, 2.75) is 32.1 Å². The molecule has 1 heterocycles. The SMILES string of the molecule is N#CC1CCN(C(=O)CCCc2ccc(F)cc2)CC1. The van der Waals surface area contributed by atoms with Crippen LogP contribution in [-0.4, -0.2) is 23.9 Å². The number of nitriles is 1. The predicted molar refractivity (Wildman–Crippen MR) is 74.3 cm³/mol. The van der Waals surface area contributed by atoms with E-state index in [9.17, 15) is 9.18 Å². The Balaban J connectivity index is 1.70. The van der Waals surface area contributed by atoms with Gasteiger partial charge in [-0.3, -0.25) is 4.79 Å². The molecule has 1 aromatic carbocycles. The van der Waals surface area contributed by atoms with Gasteiger partial charge in [0.05, 0.1) is 6.07 Å². The van der Waals surface area contributed by atoms with E-state index >= 15 is 0 Å². The Morgan fingerprint density at radius 1 is 1.30 bits per heavy atom. The molecule has 20 heavy (non-hydrogen) atoms. The van der Waals surface area contributed by atoms with Crippen LogP contribution in [0.2, 0.25) is 0 Å². The summed E-state index contributed by atoms with van der Waals surface area (Å²) in [5.74, 6) is 0.0481. The van der Waals surface area contributed by atoms with Crippen molar-refractivity contribution in [3.8, 4) is 6.07 Å². The maximum atomic E-state index is 12.8. The third-order valence-electron chi connectivity index (χ3n) is 3.80. The fourth-order valence-corrected chi connectivity index (χ4v) is 2.51. The van der Waals surface area contributed by atoms with E-state index in [4.69, 9.17) is 5.26 Å². The fraction of sp³-hybridized carbons (Fsp3) is 0.500. The van der Waals surface area contributed by atoms with Gasteiger partial charge in [0, 0.05) is 25.4 Å². The monoisotopic (exact) mass is 274 g/mol. The van der Waals surface area contributed by atoms with Crippen LogP contribution in [0.1, 0.15) is 31.2 Å². The Morgan fingerprint density at radius 2 is 1.95 bits per heavy atom. The van der Waals surface area contributed by atoms with E-state index in [1.807, 2.05) is 4.90 Å². The zero-order chi connectivity index (χ0) is 14.4. The number of benzene rings is 1. The summed E-state index contributed by atoms with van der Waals surface area (Å²) in [4.78, 5) is 13.9. The second kappa shape index (κ2) is 7.04. The molecule has 0 unspecified atom stereocenters. The molecule has 1 aliphatic heterocycles. The number of piperidine rings is 1. The van der Waals surface area contributed by atoms with Crippen LogP contribution < -0.4 is 0 Å². The molecule has 106 valence electrons. The van der Waals surface area contributed by atoms with Gasteiger partial charge in [-0.05, 0) is 43.4 Å². The first-order valence-corrected chi connectivity index (χ1v) is 7.11. The summed E-state index contributed by atoms with van der Waals surface area (Å²) >= 11 is 0. The molecule has 1 aromatic rings. The number of carbonyl (C=O) groups is 1. The molecule has 3 nitrogen and oxygen atoms in total. The first-order chi connectivity index (χ1) is 9.69. The Kier molecular flexibility index (Phi) is 5.11. The lowest BCUT2D eigenvalue weighted by atomic mass is 9.98. The largest absolute Gasteiger partial charge is 0.343 e. The maximum absolute atomic E-state index is 12.8. The minimum Gasteiger partial charge on any atom is -0.343 e. The summed E-state index contributed by atoms with van der Waals surface area (Å²) in [6, 6.07) is 8.68. The maximum Gasteiger partial charge on any atom is 0.222 e. The molecule has 1 amide bonds. The molecule has 0 spiro atoms. The Hall–Kier alpha value is -1.89. The number of halogens is 1. The van der Waals surface area contributed by atoms with Gasteiger partial charge in [-0.25, -0.2) is 4.39 Å². The molecular weight excluding hydrogens is 255 g/mol. The zero-order valence-electron chi connectivity index (χ0n) is 11.5. The van der Waals surface area contributed by atoms with Crippen LogP contribution in [0.4, 0.5) is 4.39 Å². The van der Waals surface area contributed by atoms with Crippen LogP contribution in [0, 0.1) is 23.1 Å². The van der Waals surface area contributed by atoms with Gasteiger partial charge >= 0.3 is 0 Å². The standard InChI is InChI=1S/C16H19FN2O/c17-15-6-4-13(5-7-15)2-1-3-16(20)19-10-8-14(12-18)9-11-19/h4-7,14H,1-3,8-11H2. The van der Waals surface area contributed by atoms with E-state index in [0.29, 0.717) is 19.5 Å². The van der Waals surface area contributed by atoms with Crippen LogP contribution in [0.3, 0.4) is 0 Å². The van der Waals surface area contributed by atoms with Crippen LogP contribution in [-0.2, 0) is 11.2 Å². The van der Waals surface area contributed by atoms with Gasteiger partial charge in [0.2, 0.25) is 5.91 Å². The molecule has 1 saturated heterocycles. The molecule has 2 rings (SSSR count). The minimum absolute atomic E-state index is 0.110. The van der Waals surface area contributed by atoms with Crippen LogP contribution in [0.25, 0.3) is 0 Å². The summed E-state index contributed by atoms with van der Waals surface area (Å²) < 4.78 is 12.8. The fourth-order valence-electron chi connectivity index (χ4n) is 2.51. The van der Waals surface area contributed by atoms with Crippen molar-refractivity contribution in [2.75, 3.05) is 13.1 Å². The van der Waals surface area contributed by atoms with Gasteiger partial charge in [0.1, 0.15) is 5.82 Å². The van der Waals surface area contributed by atoms with E-state index in [1.54, 1.807) is 12.1 Å². The van der Waals surface area contributed by atoms with Crippen molar-refractivity contribution in [3.05, 3.63) is 35.6 Å². The second-order valence-electron chi connectivity index (χ2n) is 5.26. The van der Waals surface area contributed by atoms with Gasteiger partial charge in [0.25, 0.3) is 0 Å². The Labute approximate surface area is 119 Å². The van der Waals surface area contributed by atoms with Gasteiger partial charge in [-0.1, -0.05) is 12.1 Å². The number of aryl methyl sites for hydroxylation is 1. The average Bonchev–Trinajstić information content (AvgIpc) is 2.49. The summed E-state index contributed by atoms with van der Waals surface area (Å²) in [6.45, 7) is 1.40. The number of hydrogen-bond donors (Lipinski definition) is 0. The summed E-state index contributed by atoms with van der Waals surface area (Å²) in [5, 5.41) is 8.82. The highest BCUT2D eigenvalue weighted by Crippen LogP contribution is 2.17. The molecule has 0 bridgehead atoms. The summed E-state index contributed by atoms with van der Waals surface area (Å²) in [6.07, 6.45) is 3.68. The van der Waals surface area contributed by atoms with Crippen molar-refractivity contribution in [3.63, 3.8) is 0 Å². The Bertz CT molecular complexity index is 484. The first-order valence-electron chi connectivity index (χ1n) is 7.11. The molecule has 0 atom stereocenters. The van der Waals surface area contributed by atoms with E-state index in [-0.39, 0.29) is 17.6 Å². The lowest BCUT2D eigenvalue weighted by molar-refractivity contribution is -0.132. The van der Waals surface area contributed by atoms with Gasteiger partial charge in [-0.15, -0.1) is 0 Å². The lowest BCUT2D eigenvalue weighted by Gasteiger charge is -2.29. The zero-order valence-corrected chi connectivity index (χ0v) is 11.5. The smallest absolute Gasteiger partial charge is 0.222 e. The van der Waals surface area contributed by atoms with Crippen molar-refractivity contribution in [2.24, 2.45) is 5.92 Å². The van der Waals surface area contributed by atoms with Crippen molar-refractivity contribution in [1.82, 2.24) is 4.90 Å². The third-order valence-corrected chi connectivity index (χ3v) is 3.80. The van der Waals surface area contributed by atoms with Gasteiger partial charge in [0.15, 0.2) is 0 Å². The van der Waals surface area contributed by atoms with Gasteiger partial charge in [-0.2, -0.15) is 5.26 Å². The quantitative estimate of drug-likeness (QED) is 0.847. The molecule has 4 heteroatoms. The molecule has 0 aromatic heterocycles. The number of rotatable bonds is 4. The molecule has 0 saturated carbocycles. The van der Waals surface area contributed by atoms with Crippen molar-refractivity contribution >= 4 is 5.91 Å². The number of amides is 1. The van der Waals surface area contributed by atoms with Crippen LogP contribution in [0.5, 0.6) is 0 Å².